The van der Waals surface area contributed by atoms with Crippen molar-refractivity contribution in [2.24, 2.45) is 0 Å². The van der Waals surface area contributed by atoms with Crippen molar-refractivity contribution in [1.29, 1.82) is 0 Å². The summed E-state index contributed by atoms with van der Waals surface area (Å²) in [6.45, 7) is 3.55. The maximum atomic E-state index is 12.5. The predicted molar refractivity (Wildman–Crippen MR) is 95.4 cm³/mol. The van der Waals surface area contributed by atoms with Gasteiger partial charge in [0.25, 0.3) is 11.8 Å². The van der Waals surface area contributed by atoms with Gasteiger partial charge < -0.3 is 15.0 Å². The summed E-state index contributed by atoms with van der Waals surface area (Å²) in [5, 5.41) is 2.73. The molecule has 1 aromatic carbocycles. The van der Waals surface area contributed by atoms with E-state index in [2.05, 4.69) is 10.3 Å². The Balaban J connectivity index is 1.71. The van der Waals surface area contributed by atoms with Crippen molar-refractivity contribution >= 4 is 23.3 Å². The van der Waals surface area contributed by atoms with Gasteiger partial charge in [0.1, 0.15) is 0 Å². The summed E-state index contributed by atoms with van der Waals surface area (Å²) in [6, 6.07) is 8.14. The Morgan fingerprint density at radius 1 is 1.00 bits per heavy atom. The van der Waals surface area contributed by atoms with Gasteiger partial charge in [-0.3, -0.25) is 19.4 Å². The third kappa shape index (κ3) is 4.12. The molecule has 1 aromatic heterocycles. The molecule has 1 fully saturated rings. The number of anilines is 1. The number of pyridine rings is 1. The number of carbonyl (C=O) groups excluding carboxylic acids is 3. The van der Waals surface area contributed by atoms with E-state index in [9.17, 15) is 14.4 Å². The van der Waals surface area contributed by atoms with Gasteiger partial charge in [0.2, 0.25) is 0 Å². The summed E-state index contributed by atoms with van der Waals surface area (Å²) < 4.78 is 5.24. The fourth-order valence-electron chi connectivity index (χ4n) is 2.62. The maximum absolute atomic E-state index is 12.5. The fraction of sp³-hybridized carbons (Fsp3) is 0.263. The van der Waals surface area contributed by atoms with Crippen molar-refractivity contribution in [3.8, 4) is 0 Å². The lowest BCUT2D eigenvalue weighted by atomic mass is 10.1. The van der Waals surface area contributed by atoms with Crippen molar-refractivity contribution in [3.63, 3.8) is 0 Å². The average molecular weight is 353 g/mol. The second-order valence-electron chi connectivity index (χ2n) is 5.95. The van der Waals surface area contributed by atoms with E-state index >= 15 is 0 Å². The number of nitrogens with zero attached hydrogens (tertiary/aromatic N) is 2. The number of hydrogen-bond acceptors (Lipinski definition) is 5. The molecule has 0 aliphatic carbocycles. The Labute approximate surface area is 151 Å². The number of nitrogens with one attached hydrogen (secondary N) is 1. The minimum absolute atomic E-state index is 0.0404. The van der Waals surface area contributed by atoms with Crippen LogP contribution in [0, 0.1) is 0 Å². The van der Waals surface area contributed by atoms with E-state index < -0.39 is 0 Å². The smallest absolute Gasteiger partial charge is 0.257 e. The molecule has 0 bridgehead atoms. The van der Waals surface area contributed by atoms with Gasteiger partial charge in [0.05, 0.1) is 24.3 Å². The lowest BCUT2D eigenvalue weighted by Gasteiger charge is -2.26. The molecule has 2 aromatic rings. The lowest BCUT2D eigenvalue weighted by Crippen LogP contribution is -2.40. The Bertz CT molecular complexity index is 827. The molecule has 1 N–H and O–H groups in total. The highest BCUT2D eigenvalue weighted by Crippen LogP contribution is 2.13. The van der Waals surface area contributed by atoms with Crippen molar-refractivity contribution in [2.75, 3.05) is 31.6 Å². The van der Waals surface area contributed by atoms with E-state index in [1.54, 1.807) is 29.2 Å². The first kappa shape index (κ1) is 17.8. The number of ketones is 1. The van der Waals surface area contributed by atoms with Crippen LogP contribution in [-0.4, -0.2) is 53.8 Å². The molecule has 3 rings (SSSR count). The minimum Gasteiger partial charge on any atom is -0.378 e. The fourth-order valence-corrected chi connectivity index (χ4v) is 2.62. The number of benzene rings is 1. The van der Waals surface area contributed by atoms with Crippen molar-refractivity contribution < 1.29 is 19.1 Å². The Hall–Kier alpha value is -3.06. The summed E-state index contributed by atoms with van der Waals surface area (Å²) in [7, 11) is 0. The highest BCUT2D eigenvalue weighted by Gasteiger charge is 2.20. The number of carbonyl (C=O) groups is 3. The van der Waals surface area contributed by atoms with E-state index in [0.717, 1.165) is 0 Å². The van der Waals surface area contributed by atoms with Crippen LogP contribution < -0.4 is 5.32 Å². The molecule has 0 radical (unpaired) electrons. The van der Waals surface area contributed by atoms with Gasteiger partial charge in [0.15, 0.2) is 5.78 Å². The zero-order chi connectivity index (χ0) is 18.5. The molecule has 26 heavy (non-hydrogen) atoms. The molecule has 2 heterocycles. The topological polar surface area (TPSA) is 88.6 Å². The van der Waals surface area contributed by atoms with Crippen LogP contribution in [0.2, 0.25) is 0 Å². The van der Waals surface area contributed by atoms with Crippen molar-refractivity contribution in [2.45, 2.75) is 6.92 Å². The van der Waals surface area contributed by atoms with Gasteiger partial charge in [-0.2, -0.15) is 0 Å². The van der Waals surface area contributed by atoms with Crippen LogP contribution >= 0.6 is 0 Å². The number of ether oxygens (including phenoxy) is 1. The minimum atomic E-state index is -0.371. The summed E-state index contributed by atoms with van der Waals surface area (Å²) in [5.41, 5.74) is 1.79. The normalized spacial score (nSPS) is 14.0. The van der Waals surface area contributed by atoms with Crippen LogP contribution in [0.15, 0.2) is 42.7 Å². The van der Waals surface area contributed by atoms with Crippen LogP contribution in [0.25, 0.3) is 0 Å². The third-order valence-electron chi connectivity index (χ3n) is 4.09. The molecule has 1 saturated heterocycles. The number of rotatable bonds is 4. The molecule has 0 spiro atoms. The number of amides is 2. The monoisotopic (exact) mass is 353 g/mol. The van der Waals surface area contributed by atoms with Gasteiger partial charge >= 0.3 is 0 Å². The van der Waals surface area contributed by atoms with E-state index in [0.29, 0.717) is 48.7 Å². The Kier molecular flexibility index (Phi) is 5.38. The molecule has 7 heteroatoms. The largest absolute Gasteiger partial charge is 0.378 e. The molecule has 0 atom stereocenters. The average Bonchev–Trinajstić information content (AvgIpc) is 2.68. The van der Waals surface area contributed by atoms with E-state index in [1.807, 2.05) is 0 Å². The summed E-state index contributed by atoms with van der Waals surface area (Å²) in [6.07, 6.45) is 2.87. The maximum Gasteiger partial charge on any atom is 0.257 e. The zero-order valence-corrected chi connectivity index (χ0v) is 14.4. The Morgan fingerprint density at radius 2 is 1.65 bits per heavy atom. The number of morpholine rings is 1. The SMILES string of the molecule is CC(=O)c1ccc(NC(=O)c2cncc(C(=O)N3CCOCC3)c2)cc1. The van der Waals surface area contributed by atoms with Gasteiger partial charge in [-0.1, -0.05) is 0 Å². The van der Waals surface area contributed by atoms with Crippen molar-refractivity contribution in [1.82, 2.24) is 9.88 Å². The summed E-state index contributed by atoms with van der Waals surface area (Å²) in [4.78, 5) is 41.9. The van der Waals surface area contributed by atoms with Gasteiger partial charge in [-0.05, 0) is 37.3 Å². The van der Waals surface area contributed by atoms with Crippen LogP contribution in [-0.2, 0) is 4.74 Å². The predicted octanol–water partition coefficient (Wildman–Crippen LogP) is 2.01. The summed E-state index contributed by atoms with van der Waals surface area (Å²) in [5.74, 6) is -0.577. The van der Waals surface area contributed by atoms with Crippen LogP contribution in [0.4, 0.5) is 5.69 Å². The molecule has 0 saturated carbocycles. The standard InChI is InChI=1S/C19H19N3O4/c1-13(23)14-2-4-17(5-3-14)21-18(24)15-10-16(12-20-11-15)19(25)22-6-8-26-9-7-22/h2-5,10-12H,6-9H2,1H3,(H,21,24). The quantitative estimate of drug-likeness (QED) is 0.850. The molecule has 7 nitrogen and oxygen atoms in total. The number of hydrogen-bond donors (Lipinski definition) is 1. The third-order valence-corrected chi connectivity index (χ3v) is 4.09. The molecule has 1 aliphatic rings. The highest BCUT2D eigenvalue weighted by atomic mass is 16.5. The van der Waals surface area contributed by atoms with Crippen LogP contribution in [0.1, 0.15) is 38.0 Å². The van der Waals surface area contributed by atoms with Crippen LogP contribution in [0.3, 0.4) is 0 Å². The van der Waals surface area contributed by atoms with Gasteiger partial charge in [0, 0.05) is 36.7 Å². The first-order valence-corrected chi connectivity index (χ1v) is 8.29. The number of aromatic nitrogens is 1. The van der Waals surface area contributed by atoms with E-state index in [-0.39, 0.29) is 17.6 Å². The molecular weight excluding hydrogens is 334 g/mol. The number of Topliss-reactive ketones (excluding diaryl/α,β-unsaturated/α-hetero) is 1. The first-order chi connectivity index (χ1) is 12.5. The second-order valence-corrected chi connectivity index (χ2v) is 5.95. The molecule has 2 amide bonds. The van der Waals surface area contributed by atoms with E-state index in [4.69, 9.17) is 4.74 Å². The molecule has 134 valence electrons. The Morgan fingerprint density at radius 3 is 2.31 bits per heavy atom. The first-order valence-electron chi connectivity index (χ1n) is 8.29. The van der Waals surface area contributed by atoms with Crippen LogP contribution in [0.5, 0.6) is 0 Å². The molecule has 1 aliphatic heterocycles. The van der Waals surface area contributed by atoms with Gasteiger partial charge in [-0.25, -0.2) is 0 Å². The zero-order valence-electron chi connectivity index (χ0n) is 14.4. The summed E-state index contributed by atoms with van der Waals surface area (Å²) >= 11 is 0. The highest BCUT2D eigenvalue weighted by molar-refractivity contribution is 6.06. The van der Waals surface area contributed by atoms with E-state index in [1.165, 1.54) is 25.4 Å². The van der Waals surface area contributed by atoms with Crippen molar-refractivity contribution in [3.05, 3.63) is 59.4 Å². The molecule has 0 unspecified atom stereocenters. The molecular formula is C19H19N3O4. The second kappa shape index (κ2) is 7.88. The lowest BCUT2D eigenvalue weighted by molar-refractivity contribution is 0.0302. The van der Waals surface area contributed by atoms with Gasteiger partial charge in [-0.15, -0.1) is 0 Å².